The molecule has 9 heteroatoms. The summed E-state index contributed by atoms with van der Waals surface area (Å²) in [7, 11) is 4.77. The Hall–Kier alpha value is -2.20. The summed E-state index contributed by atoms with van der Waals surface area (Å²) in [5.41, 5.74) is 2.74. The van der Waals surface area contributed by atoms with Crippen LogP contribution in [0.5, 0.6) is 0 Å². The number of thiophene rings is 1. The van der Waals surface area contributed by atoms with Gasteiger partial charge in [0.2, 0.25) is 0 Å². The second-order valence-corrected chi connectivity index (χ2v) is 17.4. The molecule has 4 aromatic rings. The molecule has 0 amide bonds. The van der Waals surface area contributed by atoms with Crippen molar-refractivity contribution >= 4 is 54.7 Å². The van der Waals surface area contributed by atoms with Crippen molar-refractivity contribution in [3.63, 3.8) is 0 Å². The standard InChI is InChI=1S/C26H33BN4O2SSi/c1-35(2,3)13-12-33-18-30-10-6-22-25-23(15-28-26(22)30)24(32)7-11-31(25)20-4-8-29(9-5-20)16-21-14-19(27)17-34-21/h6-7,10-11,14-15,17,20H,4-5,8-9,12-13,16,18H2,1-3H3. The Balaban J connectivity index is 1.37. The van der Waals surface area contributed by atoms with E-state index in [1.807, 2.05) is 17.8 Å². The molecule has 0 spiro atoms. The van der Waals surface area contributed by atoms with Crippen molar-refractivity contribution in [3.8, 4) is 0 Å². The average Bonchev–Trinajstić information content (AvgIpc) is 3.43. The molecule has 5 heterocycles. The van der Waals surface area contributed by atoms with Gasteiger partial charge < -0.3 is 13.9 Å². The Kier molecular flexibility index (Phi) is 7.03. The van der Waals surface area contributed by atoms with Crippen molar-refractivity contribution in [3.05, 3.63) is 57.3 Å². The highest BCUT2D eigenvalue weighted by Crippen LogP contribution is 2.30. The molecular weight excluding hydrogens is 471 g/mol. The minimum absolute atomic E-state index is 0.0255. The number of aromatic nitrogens is 3. The van der Waals surface area contributed by atoms with Gasteiger partial charge in [0.25, 0.3) is 0 Å². The number of hydrogen-bond acceptors (Lipinski definition) is 5. The van der Waals surface area contributed by atoms with Crippen LogP contribution in [0, 0.1) is 0 Å². The van der Waals surface area contributed by atoms with Gasteiger partial charge in [0.1, 0.15) is 20.2 Å². The molecule has 182 valence electrons. The minimum Gasteiger partial charge on any atom is -0.361 e. The summed E-state index contributed by atoms with van der Waals surface area (Å²) in [5.74, 6) is 0. The maximum atomic E-state index is 12.7. The maximum absolute atomic E-state index is 12.7. The van der Waals surface area contributed by atoms with Crippen LogP contribution in [0.4, 0.5) is 0 Å². The predicted octanol–water partition coefficient (Wildman–Crippen LogP) is 4.36. The monoisotopic (exact) mass is 504 g/mol. The van der Waals surface area contributed by atoms with Crippen LogP contribution in [0.25, 0.3) is 21.9 Å². The lowest BCUT2D eigenvalue weighted by atomic mass is 10.00. The SMILES string of the molecule is [B]c1csc(CN2CCC(n3ccc(=O)c4cnc5c(ccn5COCC[Si](C)(C)C)c43)CC2)c1. The first-order valence-electron chi connectivity index (χ1n) is 12.4. The molecule has 5 rings (SSSR count). The van der Waals surface area contributed by atoms with Gasteiger partial charge in [0.15, 0.2) is 5.43 Å². The molecule has 0 aromatic carbocycles. The van der Waals surface area contributed by atoms with Gasteiger partial charge in [-0.15, -0.1) is 11.3 Å². The molecule has 0 aliphatic carbocycles. The Morgan fingerprint density at radius 2 is 1.97 bits per heavy atom. The smallest absolute Gasteiger partial charge is 0.190 e. The van der Waals surface area contributed by atoms with E-state index in [0.717, 1.165) is 67.1 Å². The van der Waals surface area contributed by atoms with Crippen LogP contribution in [-0.2, 0) is 18.0 Å². The number of piperidine rings is 1. The fourth-order valence-corrected chi connectivity index (χ4v) is 6.48. The highest BCUT2D eigenvalue weighted by Gasteiger charge is 2.23. The number of fused-ring (bicyclic) bond motifs is 3. The van der Waals surface area contributed by atoms with E-state index in [0.29, 0.717) is 18.2 Å². The largest absolute Gasteiger partial charge is 0.361 e. The summed E-state index contributed by atoms with van der Waals surface area (Å²) in [6.45, 7) is 11.3. The van der Waals surface area contributed by atoms with Gasteiger partial charge in [0, 0.05) is 75.3 Å². The van der Waals surface area contributed by atoms with Gasteiger partial charge in [-0.2, -0.15) is 0 Å². The van der Waals surface area contributed by atoms with E-state index < -0.39 is 8.07 Å². The van der Waals surface area contributed by atoms with Gasteiger partial charge >= 0.3 is 0 Å². The normalized spacial score (nSPS) is 16.0. The Morgan fingerprint density at radius 1 is 1.17 bits per heavy atom. The second kappa shape index (κ2) is 10.0. The molecule has 0 atom stereocenters. The molecule has 4 aromatic heterocycles. The Labute approximate surface area is 213 Å². The molecule has 1 aliphatic rings. The van der Waals surface area contributed by atoms with E-state index in [9.17, 15) is 4.79 Å². The zero-order chi connectivity index (χ0) is 24.6. The highest BCUT2D eigenvalue weighted by atomic mass is 32.1. The van der Waals surface area contributed by atoms with E-state index >= 15 is 0 Å². The lowest BCUT2D eigenvalue weighted by Gasteiger charge is -2.33. The van der Waals surface area contributed by atoms with Gasteiger partial charge in [-0.3, -0.25) is 9.69 Å². The molecule has 0 saturated carbocycles. The summed E-state index contributed by atoms with van der Waals surface area (Å²) < 4.78 is 10.4. The molecule has 1 fully saturated rings. The van der Waals surface area contributed by atoms with Crippen LogP contribution in [0.1, 0.15) is 23.8 Å². The van der Waals surface area contributed by atoms with Crippen LogP contribution in [0.15, 0.2) is 47.0 Å². The third kappa shape index (κ3) is 5.48. The molecule has 1 aliphatic heterocycles. The first-order valence-corrected chi connectivity index (χ1v) is 17.0. The lowest BCUT2D eigenvalue weighted by Crippen LogP contribution is -2.34. The van der Waals surface area contributed by atoms with Gasteiger partial charge in [0.05, 0.1) is 10.9 Å². The van der Waals surface area contributed by atoms with Crippen molar-refractivity contribution in [1.82, 2.24) is 19.0 Å². The molecule has 0 N–H and O–H groups in total. The number of ether oxygens (including phenoxy) is 1. The van der Waals surface area contributed by atoms with Gasteiger partial charge in [-0.25, -0.2) is 4.98 Å². The van der Waals surface area contributed by atoms with E-state index in [2.05, 4.69) is 50.8 Å². The highest BCUT2D eigenvalue weighted by molar-refractivity contribution is 7.10. The number of hydrogen-bond donors (Lipinski definition) is 0. The fraction of sp³-hybridized carbons (Fsp3) is 0.462. The summed E-state index contributed by atoms with van der Waals surface area (Å²) in [5, 5.41) is 3.72. The molecule has 0 bridgehead atoms. The van der Waals surface area contributed by atoms with E-state index in [1.54, 1.807) is 23.6 Å². The summed E-state index contributed by atoms with van der Waals surface area (Å²) in [6, 6.07) is 7.34. The first-order chi connectivity index (χ1) is 16.8. The number of pyridine rings is 2. The number of rotatable bonds is 8. The van der Waals surface area contributed by atoms with Crippen LogP contribution >= 0.6 is 11.3 Å². The van der Waals surface area contributed by atoms with Crippen molar-refractivity contribution in [1.29, 1.82) is 0 Å². The van der Waals surface area contributed by atoms with E-state index in [-0.39, 0.29) is 5.43 Å². The third-order valence-corrected chi connectivity index (χ3v) is 9.55. The fourth-order valence-electron chi connectivity index (χ4n) is 4.90. The molecule has 35 heavy (non-hydrogen) atoms. The molecule has 2 radical (unpaired) electrons. The second-order valence-electron chi connectivity index (χ2n) is 10.8. The molecule has 1 saturated heterocycles. The Morgan fingerprint density at radius 3 is 2.69 bits per heavy atom. The Bertz CT molecular complexity index is 1380. The summed E-state index contributed by atoms with van der Waals surface area (Å²) >= 11 is 1.73. The first kappa shape index (κ1) is 24.5. The summed E-state index contributed by atoms with van der Waals surface area (Å²) in [6.07, 6.45) is 7.84. The van der Waals surface area contributed by atoms with E-state index in [4.69, 9.17) is 12.6 Å². The molecular formula is C26H33BN4O2SSi. The van der Waals surface area contributed by atoms with E-state index in [1.165, 1.54) is 4.88 Å². The predicted molar refractivity (Wildman–Crippen MR) is 149 cm³/mol. The van der Waals surface area contributed by atoms with Crippen molar-refractivity contribution in [2.75, 3.05) is 19.7 Å². The lowest BCUT2D eigenvalue weighted by molar-refractivity contribution is 0.0899. The van der Waals surface area contributed by atoms with Crippen molar-refractivity contribution in [2.45, 2.75) is 57.8 Å². The molecule has 0 unspecified atom stereocenters. The minimum atomic E-state index is -1.12. The van der Waals surface area contributed by atoms with Gasteiger partial charge in [-0.05, 0) is 30.3 Å². The van der Waals surface area contributed by atoms with Crippen molar-refractivity contribution in [2.24, 2.45) is 0 Å². The zero-order valence-corrected chi connectivity index (χ0v) is 22.7. The van der Waals surface area contributed by atoms with Crippen LogP contribution in [0.3, 0.4) is 0 Å². The zero-order valence-electron chi connectivity index (χ0n) is 20.9. The van der Waals surface area contributed by atoms with Crippen LogP contribution in [-0.4, -0.2) is 54.6 Å². The number of nitrogens with zero attached hydrogens (tertiary/aromatic N) is 4. The summed E-state index contributed by atoms with van der Waals surface area (Å²) in [4.78, 5) is 21.2. The quantitative estimate of drug-likeness (QED) is 0.264. The van der Waals surface area contributed by atoms with Gasteiger partial charge in [-0.1, -0.05) is 31.2 Å². The maximum Gasteiger partial charge on any atom is 0.190 e. The molecule has 6 nitrogen and oxygen atoms in total. The van der Waals surface area contributed by atoms with Crippen molar-refractivity contribution < 1.29 is 4.74 Å². The third-order valence-electron chi connectivity index (χ3n) is 6.90. The van der Waals surface area contributed by atoms with Crippen LogP contribution < -0.4 is 10.9 Å². The topological polar surface area (TPSA) is 52.3 Å². The van der Waals surface area contributed by atoms with Crippen LogP contribution in [0.2, 0.25) is 25.7 Å². The number of likely N-dealkylation sites (tertiary alicyclic amines) is 1. The average molecular weight is 505 g/mol.